The van der Waals surface area contributed by atoms with E-state index in [0.717, 1.165) is 42.8 Å². The lowest BCUT2D eigenvalue weighted by Crippen LogP contribution is -2.45. The lowest BCUT2D eigenvalue weighted by atomic mass is 10.1. The predicted octanol–water partition coefficient (Wildman–Crippen LogP) is 3.23. The minimum absolute atomic E-state index is 0.283. The highest BCUT2D eigenvalue weighted by molar-refractivity contribution is 7.11. The van der Waals surface area contributed by atoms with Gasteiger partial charge in [-0.2, -0.15) is 0 Å². The van der Waals surface area contributed by atoms with Gasteiger partial charge in [-0.05, 0) is 38.8 Å². The van der Waals surface area contributed by atoms with Crippen molar-refractivity contribution in [3.63, 3.8) is 0 Å². The van der Waals surface area contributed by atoms with Crippen molar-refractivity contribution < 1.29 is 4.74 Å². The first kappa shape index (κ1) is 21.7. The number of aryl methyl sites for hydroxylation is 2. The molecule has 1 saturated heterocycles. The van der Waals surface area contributed by atoms with Gasteiger partial charge in [-0.3, -0.25) is 9.89 Å². The van der Waals surface area contributed by atoms with Crippen molar-refractivity contribution in [2.45, 2.75) is 59.5 Å². The van der Waals surface area contributed by atoms with Crippen LogP contribution in [-0.4, -0.2) is 48.2 Å². The Morgan fingerprint density at radius 2 is 1.79 bits per heavy atom. The second-order valence-electron chi connectivity index (χ2n) is 7.75. The summed E-state index contributed by atoms with van der Waals surface area (Å²) in [7, 11) is 1.80. The van der Waals surface area contributed by atoms with Crippen molar-refractivity contribution in [1.29, 1.82) is 0 Å². The van der Waals surface area contributed by atoms with E-state index >= 15 is 0 Å². The van der Waals surface area contributed by atoms with E-state index in [1.165, 1.54) is 16.0 Å². The van der Waals surface area contributed by atoms with E-state index in [2.05, 4.69) is 77.5 Å². The van der Waals surface area contributed by atoms with Gasteiger partial charge in [0.1, 0.15) is 5.01 Å². The van der Waals surface area contributed by atoms with Crippen molar-refractivity contribution in [3.05, 3.63) is 51.0 Å². The van der Waals surface area contributed by atoms with Crippen LogP contribution in [0.1, 0.15) is 40.6 Å². The molecule has 0 spiro atoms. The van der Waals surface area contributed by atoms with Crippen LogP contribution in [0.2, 0.25) is 0 Å². The maximum absolute atomic E-state index is 5.87. The monoisotopic (exact) mass is 415 g/mol. The molecule has 29 heavy (non-hydrogen) atoms. The predicted molar refractivity (Wildman–Crippen MR) is 120 cm³/mol. The molecule has 2 unspecified atom stereocenters. The molecule has 2 atom stereocenters. The molecular formula is C22H33N5OS. The van der Waals surface area contributed by atoms with E-state index in [1.54, 1.807) is 18.4 Å². The zero-order valence-electron chi connectivity index (χ0n) is 18.2. The topological polar surface area (TPSA) is 61.8 Å². The van der Waals surface area contributed by atoms with Crippen LogP contribution >= 0.6 is 11.3 Å². The molecule has 1 aromatic heterocycles. The van der Waals surface area contributed by atoms with Gasteiger partial charge in [0.25, 0.3) is 0 Å². The normalized spacial score (nSPS) is 20.7. The third-order valence-corrected chi connectivity index (χ3v) is 6.23. The number of hydrogen-bond donors (Lipinski definition) is 2. The van der Waals surface area contributed by atoms with E-state index < -0.39 is 0 Å². The Kier molecular flexibility index (Phi) is 7.64. The minimum atomic E-state index is 0.283. The Labute approximate surface area is 178 Å². The number of nitrogens with one attached hydrogen (secondary N) is 2. The van der Waals surface area contributed by atoms with Crippen LogP contribution in [0.5, 0.6) is 0 Å². The van der Waals surface area contributed by atoms with E-state index in [4.69, 9.17) is 4.74 Å². The molecule has 0 saturated carbocycles. The third-order valence-electron chi connectivity index (χ3n) is 5.16. The molecule has 1 aliphatic heterocycles. The number of thiazole rings is 1. The van der Waals surface area contributed by atoms with Crippen molar-refractivity contribution >= 4 is 17.3 Å². The fraction of sp³-hybridized carbons (Fsp3) is 0.545. The molecule has 158 valence electrons. The maximum Gasteiger partial charge on any atom is 0.191 e. The molecule has 3 rings (SSSR count). The number of benzene rings is 1. The van der Waals surface area contributed by atoms with Gasteiger partial charge in [0.2, 0.25) is 0 Å². The fourth-order valence-electron chi connectivity index (χ4n) is 3.71. The van der Waals surface area contributed by atoms with Crippen molar-refractivity contribution in [3.8, 4) is 0 Å². The zero-order valence-corrected chi connectivity index (χ0v) is 19.0. The Morgan fingerprint density at radius 3 is 2.41 bits per heavy atom. The first-order valence-electron chi connectivity index (χ1n) is 10.3. The van der Waals surface area contributed by atoms with E-state index in [1.807, 2.05) is 0 Å². The van der Waals surface area contributed by atoms with Gasteiger partial charge in [0, 0.05) is 38.1 Å². The van der Waals surface area contributed by atoms with Gasteiger partial charge in [-0.25, -0.2) is 4.98 Å². The molecule has 1 aliphatic rings. The van der Waals surface area contributed by atoms with E-state index in [0.29, 0.717) is 6.54 Å². The Morgan fingerprint density at radius 1 is 1.14 bits per heavy atom. The number of hydrogen-bond acceptors (Lipinski definition) is 5. The number of aliphatic imine (C=N–C) groups is 1. The van der Waals surface area contributed by atoms with Gasteiger partial charge in [-0.15, -0.1) is 11.3 Å². The molecule has 1 fully saturated rings. The zero-order chi connectivity index (χ0) is 20.8. The average molecular weight is 416 g/mol. The highest BCUT2D eigenvalue weighted by Crippen LogP contribution is 2.17. The lowest BCUT2D eigenvalue weighted by molar-refractivity contribution is -0.0705. The van der Waals surface area contributed by atoms with Crippen LogP contribution in [0, 0.1) is 13.8 Å². The summed E-state index contributed by atoms with van der Waals surface area (Å²) in [6, 6.07) is 8.63. The molecule has 0 aliphatic carbocycles. The van der Waals surface area contributed by atoms with Crippen LogP contribution in [-0.2, 0) is 24.4 Å². The summed E-state index contributed by atoms with van der Waals surface area (Å²) in [6.07, 6.45) is 0.565. The quantitative estimate of drug-likeness (QED) is 0.560. The number of rotatable bonds is 6. The number of morpholine rings is 1. The molecule has 6 nitrogen and oxygen atoms in total. The highest BCUT2D eigenvalue weighted by Gasteiger charge is 2.22. The molecule has 2 aromatic rings. The fourth-order valence-corrected chi connectivity index (χ4v) is 4.59. The lowest BCUT2D eigenvalue weighted by Gasteiger charge is -2.35. The van der Waals surface area contributed by atoms with Gasteiger partial charge >= 0.3 is 0 Å². The van der Waals surface area contributed by atoms with Gasteiger partial charge in [-0.1, -0.05) is 24.3 Å². The molecular weight excluding hydrogens is 382 g/mol. The van der Waals surface area contributed by atoms with Crippen LogP contribution in [0.3, 0.4) is 0 Å². The average Bonchev–Trinajstić information content (AvgIpc) is 3.00. The molecule has 0 amide bonds. The van der Waals surface area contributed by atoms with Gasteiger partial charge < -0.3 is 15.4 Å². The van der Waals surface area contributed by atoms with Crippen LogP contribution in [0.25, 0.3) is 0 Å². The smallest absolute Gasteiger partial charge is 0.191 e. The van der Waals surface area contributed by atoms with Gasteiger partial charge in [0.05, 0.1) is 24.4 Å². The third kappa shape index (κ3) is 6.26. The molecule has 7 heteroatoms. The van der Waals surface area contributed by atoms with E-state index in [9.17, 15) is 0 Å². The molecule has 1 aromatic carbocycles. The number of guanidine groups is 1. The van der Waals surface area contributed by atoms with E-state index in [-0.39, 0.29) is 12.2 Å². The summed E-state index contributed by atoms with van der Waals surface area (Å²) < 4.78 is 5.87. The van der Waals surface area contributed by atoms with Crippen LogP contribution < -0.4 is 10.6 Å². The summed E-state index contributed by atoms with van der Waals surface area (Å²) in [4.78, 5) is 12.7. The van der Waals surface area contributed by atoms with Gasteiger partial charge in [0.15, 0.2) is 5.96 Å². The second-order valence-corrected chi connectivity index (χ2v) is 9.04. The second kappa shape index (κ2) is 10.2. The first-order chi connectivity index (χ1) is 13.9. The minimum Gasteiger partial charge on any atom is -0.373 e. The number of nitrogens with zero attached hydrogens (tertiary/aromatic N) is 3. The van der Waals surface area contributed by atoms with Crippen LogP contribution in [0.4, 0.5) is 0 Å². The first-order valence-corrected chi connectivity index (χ1v) is 11.1. The summed E-state index contributed by atoms with van der Waals surface area (Å²) in [5.74, 6) is 0.791. The number of aromatic nitrogens is 1. The molecule has 0 radical (unpaired) electrons. The Hall–Kier alpha value is -1.96. The Balaban J connectivity index is 1.56. The SMILES string of the molecule is CN=C(NCc1nc(C)c(C)s1)NCc1ccccc1CN1CC(C)OC(C)C1. The summed E-state index contributed by atoms with van der Waals surface area (Å²) in [5.41, 5.74) is 3.75. The molecule has 0 bridgehead atoms. The summed E-state index contributed by atoms with van der Waals surface area (Å²) in [6.45, 7) is 12.8. The molecule has 2 heterocycles. The summed E-state index contributed by atoms with van der Waals surface area (Å²) >= 11 is 1.73. The molecule has 2 N–H and O–H groups in total. The Bertz CT molecular complexity index is 805. The number of ether oxygens (including phenoxy) is 1. The highest BCUT2D eigenvalue weighted by atomic mass is 32.1. The maximum atomic E-state index is 5.87. The van der Waals surface area contributed by atoms with Crippen molar-refractivity contribution in [2.75, 3.05) is 20.1 Å². The standard InChI is InChI=1S/C22H33N5OS/c1-15-12-27(13-16(2)28-15)14-20-9-7-6-8-19(20)10-24-22(23-5)25-11-21-26-17(3)18(4)29-21/h6-9,15-16H,10-14H2,1-5H3,(H2,23,24,25). The largest absolute Gasteiger partial charge is 0.373 e. The van der Waals surface area contributed by atoms with Crippen molar-refractivity contribution in [2.24, 2.45) is 4.99 Å². The van der Waals surface area contributed by atoms with Crippen molar-refractivity contribution in [1.82, 2.24) is 20.5 Å². The summed E-state index contributed by atoms with van der Waals surface area (Å²) in [5, 5.41) is 7.90. The van der Waals surface area contributed by atoms with Crippen LogP contribution in [0.15, 0.2) is 29.3 Å².